The first kappa shape index (κ1) is 21.4. The third-order valence-corrected chi connectivity index (χ3v) is 4.04. The number of carbonyl (C=O) groups excluding carboxylic acids is 1. The monoisotopic (exact) mass is 383 g/mol. The maximum Gasteiger partial charge on any atom is 0.255 e. The van der Waals surface area contributed by atoms with Crippen LogP contribution in [0.1, 0.15) is 42.6 Å². The summed E-state index contributed by atoms with van der Waals surface area (Å²) in [6, 6.07) is 12.9. The molecule has 0 fully saturated rings. The minimum Gasteiger partial charge on any atom is -0.493 e. The van der Waals surface area contributed by atoms with Crippen LogP contribution < -0.4 is 19.5 Å². The summed E-state index contributed by atoms with van der Waals surface area (Å²) in [6.45, 7) is 9.23. The highest BCUT2D eigenvalue weighted by atomic mass is 16.5. The van der Waals surface area contributed by atoms with Gasteiger partial charge in [-0.05, 0) is 48.7 Å². The largest absolute Gasteiger partial charge is 0.493 e. The second kappa shape index (κ2) is 11.0. The highest BCUT2D eigenvalue weighted by molar-refractivity contribution is 5.96. The van der Waals surface area contributed by atoms with E-state index in [2.05, 4.69) is 18.8 Å². The van der Waals surface area contributed by atoms with Crippen LogP contribution in [0.15, 0.2) is 54.6 Å². The first-order valence-corrected chi connectivity index (χ1v) is 9.49. The first-order valence-electron chi connectivity index (χ1n) is 9.49. The van der Waals surface area contributed by atoms with Gasteiger partial charge in [0.1, 0.15) is 12.4 Å². The number of nitrogens with one attached hydrogen (secondary N) is 1. The Morgan fingerprint density at radius 2 is 1.86 bits per heavy atom. The SMILES string of the molecule is C=C(C)COc1ccccc1C(=O)NCc1ccc(OCCCC)c(OC)c1. The fourth-order valence-electron chi connectivity index (χ4n) is 2.53. The lowest BCUT2D eigenvalue weighted by Gasteiger charge is -2.14. The zero-order valence-corrected chi connectivity index (χ0v) is 16.9. The van der Waals surface area contributed by atoms with E-state index in [1.807, 2.05) is 37.3 Å². The first-order chi connectivity index (χ1) is 13.5. The molecule has 0 atom stereocenters. The zero-order valence-electron chi connectivity index (χ0n) is 16.9. The topological polar surface area (TPSA) is 56.8 Å². The van der Waals surface area contributed by atoms with Gasteiger partial charge in [-0.1, -0.05) is 38.1 Å². The molecule has 0 aliphatic rings. The van der Waals surface area contributed by atoms with Crippen LogP contribution >= 0.6 is 0 Å². The molecule has 0 saturated heterocycles. The predicted octanol–water partition coefficient (Wildman–Crippen LogP) is 4.76. The van der Waals surface area contributed by atoms with Crippen molar-refractivity contribution >= 4 is 5.91 Å². The van der Waals surface area contributed by atoms with Crippen molar-refractivity contribution < 1.29 is 19.0 Å². The van der Waals surface area contributed by atoms with Crippen LogP contribution in [0.3, 0.4) is 0 Å². The van der Waals surface area contributed by atoms with Gasteiger partial charge in [0.05, 0.1) is 19.3 Å². The number of methoxy groups -OCH3 is 1. The number of benzene rings is 2. The molecule has 0 aliphatic carbocycles. The van der Waals surface area contributed by atoms with Crippen molar-refractivity contribution in [1.82, 2.24) is 5.32 Å². The lowest BCUT2D eigenvalue weighted by molar-refractivity contribution is 0.0947. The molecule has 5 heteroatoms. The minimum absolute atomic E-state index is 0.195. The van der Waals surface area contributed by atoms with E-state index in [0.29, 0.717) is 42.6 Å². The van der Waals surface area contributed by atoms with E-state index in [0.717, 1.165) is 24.0 Å². The predicted molar refractivity (Wildman–Crippen MR) is 111 cm³/mol. The molecule has 0 bridgehead atoms. The van der Waals surface area contributed by atoms with E-state index in [1.54, 1.807) is 19.2 Å². The molecule has 0 aliphatic heterocycles. The van der Waals surface area contributed by atoms with Crippen LogP contribution in [-0.2, 0) is 6.54 Å². The molecule has 5 nitrogen and oxygen atoms in total. The van der Waals surface area contributed by atoms with Gasteiger partial charge < -0.3 is 19.5 Å². The quantitative estimate of drug-likeness (QED) is 0.449. The van der Waals surface area contributed by atoms with Gasteiger partial charge in [0.25, 0.3) is 5.91 Å². The average molecular weight is 383 g/mol. The molecule has 28 heavy (non-hydrogen) atoms. The Labute approximate surface area is 167 Å². The van der Waals surface area contributed by atoms with Crippen LogP contribution in [0, 0.1) is 0 Å². The Balaban J connectivity index is 2.02. The summed E-state index contributed by atoms with van der Waals surface area (Å²) < 4.78 is 16.8. The van der Waals surface area contributed by atoms with Crippen molar-refractivity contribution in [2.75, 3.05) is 20.3 Å². The summed E-state index contributed by atoms with van der Waals surface area (Å²) >= 11 is 0. The van der Waals surface area contributed by atoms with Crippen molar-refractivity contribution in [2.24, 2.45) is 0 Å². The van der Waals surface area contributed by atoms with E-state index in [4.69, 9.17) is 14.2 Å². The summed E-state index contributed by atoms with van der Waals surface area (Å²) in [5, 5.41) is 2.93. The zero-order chi connectivity index (χ0) is 20.4. The van der Waals surface area contributed by atoms with Gasteiger partial charge in [-0.25, -0.2) is 0 Å². The van der Waals surface area contributed by atoms with E-state index >= 15 is 0 Å². The Kier molecular flexibility index (Phi) is 8.40. The number of hydrogen-bond donors (Lipinski definition) is 1. The van der Waals surface area contributed by atoms with Gasteiger partial charge in [-0.2, -0.15) is 0 Å². The average Bonchev–Trinajstić information content (AvgIpc) is 2.71. The molecule has 0 saturated carbocycles. The van der Waals surface area contributed by atoms with Gasteiger partial charge in [0.2, 0.25) is 0 Å². The smallest absolute Gasteiger partial charge is 0.255 e. The number of carbonyl (C=O) groups is 1. The molecular weight excluding hydrogens is 354 g/mol. The fraction of sp³-hybridized carbons (Fsp3) is 0.348. The maximum absolute atomic E-state index is 12.6. The summed E-state index contributed by atoms with van der Waals surface area (Å²) in [4.78, 5) is 12.6. The third kappa shape index (κ3) is 6.34. The van der Waals surface area contributed by atoms with Crippen LogP contribution in [0.5, 0.6) is 17.2 Å². The summed E-state index contributed by atoms with van der Waals surface area (Å²) in [5.41, 5.74) is 2.31. The van der Waals surface area contributed by atoms with Crippen molar-refractivity contribution in [3.05, 3.63) is 65.7 Å². The van der Waals surface area contributed by atoms with Crippen LogP contribution in [-0.4, -0.2) is 26.2 Å². The molecule has 150 valence electrons. The van der Waals surface area contributed by atoms with Gasteiger partial charge in [0.15, 0.2) is 11.5 Å². The number of amides is 1. The fourth-order valence-corrected chi connectivity index (χ4v) is 2.53. The van der Waals surface area contributed by atoms with Gasteiger partial charge in [-0.3, -0.25) is 4.79 Å². The molecule has 2 rings (SSSR count). The van der Waals surface area contributed by atoms with E-state index in [9.17, 15) is 4.79 Å². The van der Waals surface area contributed by atoms with Crippen molar-refractivity contribution in [1.29, 1.82) is 0 Å². The summed E-state index contributed by atoms with van der Waals surface area (Å²) in [7, 11) is 1.61. The molecule has 2 aromatic carbocycles. The molecule has 1 N–H and O–H groups in total. The Bertz CT molecular complexity index is 801. The van der Waals surface area contributed by atoms with Crippen LogP contribution in [0.2, 0.25) is 0 Å². The van der Waals surface area contributed by atoms with Crippen molar-refractivity contribution in [2.45, 2.75) is 33.2 Å². The second-order valence-electron chi connectivity index (χ2n) is 6.61. The lowest BCUT2D eigenvalue weighted by atomic mass is 10.1. The van der Waals surface area contributed by atoms with Gasteiger partial charge >= 0.3 is 0 Å². The normalized spacial score (nSPS) is 10.2. The maximum atomic E-state index is 12.6. The van der Waals surface area contributed by atoms with Crippen LogP contribution in [0.25, 0.3) is 0 Å². The Hall–Kier alpha value is -2.95. The standard InChI is InChI=1S/C23H29NO4/c1-5-6-13-27-21-12-11-18(14-22(21)26-4)15-24-23(25)19-9-7-8-10-20(19)28-16-17(2)3/h7-12,14H,2,5-6,13,15-16H2,1,3-4H3,(H,24,25). The molecule has 0 aromatic heterocycles. The molecule has 1 amide bonds. The number of rotatable bonds is 11. The second-order valence-corrected chi connectivity index (χ2v) is 6.61. The van der Waals surface area contributed by atoms with Crippen molar-refractivity contribution in [3.63, 3.8) is 0 Å². The number of para-hydroxylation sites is 1. The highest BCUT2D eigenvalue weighted by Gasteiger charge is 2.13. The van der Waals surface area contributed by atoms with Gasteiger partial charge in [0, 0.05) is 6.54 Å². The number of unbranched alkanes of at least 4 members (excludes halogenated alkanes) is 1. The molecule has 0 unspecified atom stereocenters. The summed E-state index contributed by atoms with van der Waals surface area (Å²) in [5.74, 6) is 1.72. The summed E-state index contributed by atoms with van der Waals surface area (Å²) in [6.07, 6.45) is 2.07. The Morgan fingerprint density at radius 3 is 2.57 bits per heavy atom. The van der Waals surface area contributed by atoms with Crippen molar-refractivity contribution in [3.8, 4) is 17.2 Å². The highest BCUT2D eigenvalue weighted by Crippen LogP contribution is 2.28. The molecular formula is C23H29NO4. The third-order valence-electron chi connectivity index (χ3n) is 4.04. The lowest BCUT2D eigenvalue weighted by Crippen LogP contribution is -2.23. The Morgan fingerprint density at radius 1 is 1.07 bits per heavy atom. The van der Waals surface area contributed by atoms with E-state index in [-0.39, 0.29) is 5.91 Å². The minimum atomic E-state index is -0.195. The van der Waals surface area contributed by atoms with E-state index < -0.39 is 0 Å². The molecule has 0 radical (unpaired) electrons. The molecule has 0 heterocycles. The van der Waals surface area contributed by atoms with E-state index in [1.165, 1.54) is 0 Å². The number of ether oxygens (including phenoxy) is 3. The van der Waals surface area contributed by atoms with Crippen LogP contribution in [0.4, 0.5) is 0 Å². The molecule has 2 aromatic rings. The van der Waals surface area contributed by atoms with Gasteiger partial charge in [-0.15, -0.1) is 0 Å². The number of hydrogen-bond acceptors (Lipinski definition) is 4. The molecule has 0 spiro atoms.